The van der Waals surface area contributed by atoms with Crippen molar-refractivity contribution < 1.29 is 38.9 Å². The highest BCUT2D eigenvalue weighted by atomic mass is 32.2. The van der Waals surface area contributed by atoms with E-state index in [0.717, 1.165) is 43.4 Å². The fourth-order valence-electron chi connectivity index (χ4n) is 5.03. The topological polar surface area (TPSA) is 43.4 Å². The van der Waals surface area contributed by atoms with Crippen LogP contribution < -0.4 is 4.18 Å². The maximum Gasteiger partial charge on any atom is 0.534 e. The van der Waals surface area contributed by atoms with E-state index >= 15 is 4.39 Å². The number of benzene rings is 3. The van der Waals surface area contributed by atoms with Gasteiger partial charge in [-0.3, -0.25) is 0 Å². The van der Waals surface area contributed by atoms with Crippen LogP contribution in [0.4, 0.5) is 26.3 Å². The van der Waals surface area contributed by atoms with Gasteiger partial charge in [0.2, 0.25) is 0 Å². The third kappa shape index (κ3) is 5.73. The maximum atomic E-state index is 15.1. The van der Waals surface area contributed by atoms with Crippen molar-refractivity contribution in [2.45, 2.75) is 63.3 Å². The minimum absolute atomic E-state index is 0.0848. The zero-order valence-electron chi connectivity index (χ0n) is 20.0. The van der Waals surface area contributed by atoms with Crippen molar-refractivity contribution >= 4 is 20.9 Å². The lowest BCUT2D eigenvalue weighted by Gasteiger charge is -2.29. The molecule has 0 atom stereocenters. The molecule has 0 bridgehead atoms. The van der Waals surface area contributed by atoms with Gasteiger partial charge >= 0.3 is 15.6 Å². The smallest absolute Gasteiger partial charge is 0.373 e. The Morgan fingerprint density at radius 3 is 2.24 bits per heavy atom. The second-order valence-electron chi connectivity index (χ2n) is 9.52. The Labute approximate surface area is 211 Å². The summed E-state index contributed by atoms with van der Waals surface area (Å²) in [7, 11) is -6.14. The van der Waals surface area contributed by atoms with Crippen LogP contribution in [0, 0.1) is 23.4 Å². The quantitative estimate of drug-likeness (QED) is 0.170. The minimum Gasteiger partial charge on any atom is -0.373 e. The van der Waals surface area contributed by atoms with E-state index in [1.165, 1.54) is 37.5 Å². The summed E-state index contributed by atoms with van der Waals surface area (Å²) in [5.41, 5.74) is -4.72. The molecule has 0 aromatic heterocycles. The molecule has 0 amide bonds. The van der Waals surface area contributed by atoms with Gasteiger partial charge < -0.3 is 4.18 Å². The Hall–Kier alpha value is -2.75. The summed E-state index contributed by atoms with van der Waals surface area (Å²) in [4.78, 5) is 0. The Morgan fingerprint density at radius 1 is 0.919 bits per heavy atom. The van der Waals surface area contributed by atoms with E-state index < -0.39 is 44.2 Å². The molecule has 4 rings (SSSR count). The molecule has 0 spiro atoms. The first kappa shape index (κ1) is 27.3. The van der Waals surface area contributed by atoms with Crippen LogP contribution in [0.15, 0.2) is 42.5 Å². The standard InChI is InChI=1S/C27H26F6O3S/c1-2-3-4-16-5-7-17(8-6-16)18-9-11-21(22(28)14-18)20-13-19-10-12-24(26(30)25(19)23(29)15-20)36-37(34,35)27(31,32)33/h9-17H,2-8H2,1H3. The highest BCUT2D eigenvalue weighted by molar-refractivity contribution is 7.88. The summed E-state index contributed by atoms with van der Waals surface area (Å²) in [6, 6.07) is 8.57. The molecule has 1 fully saturated rings. The largest absolute Gasteiger partial charge is 0.534 e. The van der Waals surface area contributed by atoms with Gasteiger partial charge in [0.25, 0.3) is 0 Å². The number of rotatable bonds is 7. The minimum atomic E-state index is -6.14. The Morgan fingerprint density at radius 2 is 1.62 bits per heavy atom. The van der Waals surface area contributed by atoms with Gasteiger partial charge in [-0.05, 0) is 78.3 Å². The van der Waals surface area contributed by atoms with Crippen LogP contribution >= 0.6 is 0 Å². The lowest BCUT2D eigenvalue weighted by atomic mass is 9.77. The summed E-state index contributed by atoms with van der Waals surface area (Å²) in [5, 5.41) is -0.867. The van der Waals surface area contributed by atoms with Crippen molar-refractivity contribution in [1.29, 1.82) is 0 Å². The predicted molar refractivity (Wildman–Crippen MR) is 129 cm³/mol. The fraction of sp³-hybridized carbons (Fsp3) is 0.407. The molecular weight excluding hydrogens is 518 g/mol. The van der Waals surface area contributed by atoms with E-state index in [1.807, 2.05) is 0 Å². The molecule has 1 aliphatic rings. The Kier molecular flexibility index (Phi) is 7.78. The zero-order valence-corrected chi connectivity index (χ0v) is 20.9. The number of halogens is 6. The van der Waals surface area contributed by atoms with Gasteiger partial charge in [0, 0.05) is 5.56 Å². The van der Waals surface area contributed by atoms with Crippen molar-refractivity contribution in [3.8, 4) is 16.9 Å². The SMILES string of the molecule is CCCCC1CCC(c2ccc(-c3cc(F)c4c(F)c(OS(=O)(=O)C(F)(F)F)ccc4c3)c(F)c2)CC1. The number of hydrogen-bond donors (Lipinski definition) is 0. The van der Waals surface area contributed by atoms with Crippen LogP contribution in [0.5, 0.6) is 5.75 Å². The van der Waals surface area contributed by atoms with Crippen LogP contribution in [-0.4, -0.2) is 13.9 Å². The molecule has 37 heavy (non-hydrogen) atoms. The van der Waals surface area contributed by atoms with Crippen molar-refractivity contribution in [1.82, 2.24) is 0 Å². The average Bonchev–Trinajstić information content (AvgIpc) is 2.83. The van der Waals surface area contributed by atoms with E-state index in [0.29, 0.717) is 12.0 Å². The Bertz CT molecular complexity index is 1390. The van der Waals surface area contributed by atoms with Gasteiger partial charge in [0.1, 0.15) is 11.6 Å². The van der Waals surface area contributed by atoms with E-state index in [4.69, 9.17) is 0 Å². The normalized spacial score (nSPS) is 18.8. The highest BCUT2D eigenvalue weighted by Crippen LogP contribution is 2.40. The highest BCUT2D eigenvalue weighted by Gasteiger charge is 2.49. The van der Waals surface area contributed by atoms with Gasteiger partial charge in [0.05, 0.1) is 5.39 Å². The summed E-state index contributed by atoms with van der Waals surface area (Å²) >= 11 is 0. The molecule has 1 aliphatic carbocycles. The molecule has 3 aromatic carbocycles. The molecule has 3 aromatic rings. The molecule has 0 radical (unpaired) electrons. The summed E-state index contributed by atoms with van der Waals surface area (Å²) in [6.07, 6.45) is 7.76. The number of unbranched alkanes of at least 4 members (excludes halogenated alkanes) is 1. The predicted octanol–water partition coefficient (Wildman–Crippen LogP) is 8.62. The van der Waals surface area contributed by atoms with Crippen LogP contribution in [0.25, 0.3) is 21.9 Å². The first-order valence-corrected chi connectivity index (χ1v) is 13.5. The molecular formula is C27H26F6O3S. The van der Waals surface area contributed by atoms with Crippen LogP contribution in [-0.2, 0) is 10.1 Å². The van der Waals surface area contributed by atoms with Crippen molar-refractivity contribution in [2.24, 2.45) is 5.92 Å². The lowest BCUT2D eigenvalue weighted by Crippen LogP contribution is -2.28. The van der Waals surface area contributed by atoms with Crippen molar-refractivity contribution in [3.63, 3.8) is 0 Å². The number of fused-ring (bicyclic) bond motifs is 1. The zero-order chi connectivity index (χ0) is 27.0. The van der Waals surface area contributed by atoms with Crippen LogP contribution in [0.3, 0.4) is 0 Å². The second kappa shape index (κ2) is 10.6. The Balaban J connectivity index is 1.59. The maximum absolute atomic E-state index is 15.1. The summed E-state index contributed by atoms with van der Waals surface area (Å²) < 4.78 is 109. The monoisotopic (exact) mass is 544 g/mol. The fourth-order valence-corrected chi connectivity index (χ4v) is 5.49. The van der Waals surface area contributed by atoms with Crippen molar-refractivity contribution in [3.05, 3.63) is 65.5 Å². The van der Waals surface area contributed by atoms with E-state index in [-0.39, 0.29) is 22.4 Å². The van der Waals surface area contributed by atoms with Crippen LogP contribution in [0.2, 0.25) is 0 Å². The lowest BCUT2D eigenvalue weighted by molar-refractivity contribution is -0.0500. The summed E-state index contributed by atoms with van der Waals surface area (Å²) in [5.74, 6) is -3.72. The molecule has 200 valence electrons. The molecule has 0 saturated heterocycles. The van der Waals surface area contributed by atoms with Crippen molar-refractivity contribution in [2.75, 3.05) is 0 Å². The molecule has 1 saturated carbocycles. The third-order valence-electron chi connectivity index (χ3n) is 7.04. The average molecular weight is 545 g/mol. The first-order valence-electron chi connectivity index (χ1n) is 12.1. The first-order chi connectivity index (χ1) is 17.4. The molecule has 0 aliphatic heterocycles. The molecule has 3 nitrogen and oxygen atoms in total. The molecule has 10 heteroatoms. The number of hydrogen-bond acceptors (Lipinski definition) is 3. The molecule has 0 N–H and O–H groups in total. The van der Waals surface area contributed by atoms with Gasteiger partial charge in [-0.15, -0.1) is 0 Å². The van der Waals surface area contributed by atoms with Gasteiger partial charge in [-0.1, -0.05) is 44.4 Å². The molecule has 0 unspecified atom stereocenters. The van der Waals surface area contributed by atoms with E-state index in [9.17, 15) is 30.4 Å². The van der Waals surface area contributed by atoms with Gasteiger partial charge in [0.15, 0.2) is 11.6 Å². The van der Waals surface area contributed by atoms with E-state index in [1.54, 1.807) is 6.07 Å². The molecule has 0 heterocycles. The van der Waals surface area contributed by atoms with Gasteiger partial charge in [-0.25, -0.2) is 13.2 Å². The third-order valence-corrected chi connectivity index (χ3v) is 8.01. The second-order valence-corrected chi connectivity index (χ2v) is 11.1. The summed E-state index contributed by atoms with van der Waals surface area (Å²) in [6.45, 7) is 2.17. The number of alkyl halides is 3. The van der Waals surface area contributed by atoms with Gasteiger partial charge in [-0.2, -0.15) is 21.6 Å². The van der Waals surface area contributed by atoms with Crippen LogP contribution in [0.1, 0.15) is 63.4 Å². The van der Waals surface area contributed by atoms with E-state index in [2.05, 4.69) is 11.1 Å².